The molecule has 0 saturated carbocycles. The van der Waals surface area contributed by atoms with Crippen LogP contribution in [0.15, 0.2) is 17.1 Å². The largest absolute Gasteiger partial charge is 0.465 e. The molecule has 0 radical (unpaired) electrons. The van der Waals surface area contributed by atoms with Crippen LogP contribution in [0.3, 0.4) is 0 Å². The van der Waals surface area contributed by atoms with Crippen LogP contribution >= 0.6 is 7.60 Å². The Kier molecular flexibility index (Phi) is 6.68. The van der Waals surface area contributed by atoms with Crippen molar-refractivity contribution in [2.75, 3.05) is 25.3 Å². The standard InChI is InChI=1S/C13H21N4O7P/c1-3-21-12(18)9(2)16-24-25(20)8-22-10(7-23-25)6-17-5-4-11(14)15-13(17)19/h4-5,9-10,16H,3,6-8H2,1-2H3,(H2,14,15,19)/t9?,10-,25?/m0/s1. The summed E-state index contributed by atoms with van der Waals surface area (Å²) in [7, 11) is -3.55. The molecule has 0 aromatic carbocycles. The first-order chi connectivity index (χ1) is 11.8. The van der Waals surface area contributed by atoms with E-state index >= 15 is 0 Å². The Hall–Kier alpha value is -1.78. The van der Waals surface area contributed by atoms with Gasteiger partial charge in [0.05, 0.1) is 19.8 Å². The first-order valence-electron chi connectivity index (χ1n) is 7.62. The second-order valence-corrected chi connectivity index (χ2v) is 7.22. The number of nitrogen functional groups attached to an aromatic ring is 1. The lowest BCUT2D eigenvalue weighted by atomic mass is 10.3. The van der Waals surface area contributed by atoms with Crippen molar-refractivity contribution in [3.63, 3.8) is 0 Å². The van der Waals surface area contributed by atoms with Crippen molar-refractivity contribution in [1.29, 1.82) is 0 Å². The topological polar surface area (TPSA) is 144 Å². The maximum atomic E-state index is 12.3. The fourth-order valence-corrected chi connectivity index (χ4v) is 3.20. The van der Waals surface area contributed by atoms with E-state index in [0.29, 0.717) is 0 Å². The lowest BCUT2D eigenvalue weighted by molar-refractivity contribution is -0.147. The van der Waals surface area contributed by atoms with Crippen LogP contribution in [-0.2, 0) is 34.5 Å². The van der Waals surface area contributed by atoms with Crippen molar-refractivity contribution >= 4 is 19.4 Å². The number of hydrogen-bond acceptors (Lipinski definition) is 10. The second-order valence-electron chi connectivity index (χ2n) is 5.29. The summed E-state index contributed by atoms with van der Waals surface area (Å²) in [6, 6.07) is 0.672. The van der Waals surface area contributed by atoms with Gasteiger partial charge >= 0.3 is 19.3 Å². The van der Waals surface area contributed by atoms with E-state index in [1.165, 1.54) is 23.8 Å². The minimum Gasteiger partial charge on any atom is -0.465 e. The third-order valence-electron chi connectivity index (χ3n) is 3.23. The zero-order valence-electron chi connectivity index (χ0n) is 13.9. The van der Waals surface area contributed by atoms with Crippen LogP contribution in [0.5, 0.6) is 0 Å². The molecule has 0 amide bonds. The van der Waals surface area contributed by atoms with Gasteiger partial charge in [-0.15, -0.1) is 0 Å². The maximum absolute atomic E-state index is 12.3. The molecule has 1 fully saturated rings. The molecule has 12 heteroatoms. The predicted molar refractivity (Wildman–Crippen MR) is 86.5 cm³/mol. The number of nitrogens with one attached hydrogen (secondary N) is 1. The quantitative estimate of drug-likeness (QED) is 0.375. The highest BCUT2D eigenvalue weighted by Gasteiger charge is 2.35. The van der Waals surface area contributed by atoms with Gasteiger partial charge in [0, 0.05) is 6.20 Å². The summed E-state index contributed by atoms with van der Waals surface area (Å²) in [4.78, 5) is 26.7. The molecule has 140 valence electrons. The van der Waals surface area contributed by atoms with Gasteiger partial charge in [-0.25, -0.2) is 9.42 Å². The van der Waals surface area contributed by atoms with Crippen molar-refractivity contribution in [3.05, 3.63) is 22.7 Å². The number of rotatable bonds is 7. The zero-order chi connectivity index (χ0) is 18.4. The van der Waals surface area contributed by atoms with Crippen LogP contribution in [0.4, 0.5) is 5.82 Å². The Morgan fingerprint density at radius 1 is 1.64 bits per heavy atom. The third kappa shape index (κ3) is 5.62. The van der Waals surface area contributed by atoms with Gasteiger partial charge in [0.25, 0.3) is 0 Å². The summed E-state index contributed by atoms with van der Waals surface area (Å²) in [5, 5.41) is 0. The normalized spacial score (nSPS) is 24.6. The van der Waals surface area contributed by atoms with Crippen LogP contribution in [0.2, 0.25) is 0 Å². The van der Waals surface area contributed by atoms with Gasteiger partial charge in [0.2, 0.25) is 0 Å². The third-order valence-corrected chi connectivity index (χ3v) is 4.62. The SMILES string of the molecule is CCOC(=O)C(C)NOP1(=O)CO[C@@H](Cn2ccc(N)nc2=O)CO1. The van der Waals surface area contributed by atoms with Gasteiger partial charge in [-0.2, -0.15) is 10.5 Å². The molecule has 1 aliphatic rings. The van der Waals surface area contributed by atoms with Gasteiger partial charge < -0.3 is 19.7 Å². The average Bonchev–Trinajstić information content (AvgIpc) is 2.57. The van der Waals surface area contributed by atoms with E-state index in [4.69, 9.17) is 24.4 Å². The molecule has 2 unspecified atom stereocenters. The molecule has 1 saturated heterocycles. The lowest BCUT2D eigenvalue weighted by Gasteiger charge is -2.29. The second kappa shape index (κ2) is 8.54. The van der Waals surface area contributed by atoms with Gasteiger partial charge in [-0.05, 0) is 19.9 Å². The zero-order valence-corrected chi connectivity index (χ0v) is 14.8. The molecule has 1 aromatic heterocycles. The number of esters is 1. The molecule has 0 spiro atoms. The van der Waals surface area contributed by atoms with Crippen LogP contribution in [0.25, 0.3) is 0 Å². The Morgan fingerprint density at radius 3 is 3.00 bits per heavy atom. The smallest absolute Gasteiger partial charge is 0.372 e. The van der Waals surface area contributed by atoms with Gasteiger partial charge in [0.15, 0.2) is 6.35 Å². The number of aromatic nitrogens is 2. The predicted octanol–water partition coefficient (Wildman–Crippen LogP) is -0.136. The van der Waals surface area contributed by atoms with Gasteiger partial charge in [-0.1, -0.05) is 0 Å². The molecular formula is C13H21N4O7P. The molecule has 1 aromatic rings. The number of carbonyl (C=O) groups is 1. The molecule has 11 nitrogen and oxygen atoms in total. The fraction of sp³-hybridized carbons (Fsp3) is 0.615. The Balaban J connectivity index is 1.82. The van der Waals surface area contributed by atoms with E-state index in [0.717, 1.165) is 0 Å². The van der Waals surface area contributed by atoms with Crippen molar-refractivity contribution < 1.29 is 28.0 Å². The minimum absolute atomic E-state index is 0.0520. The molecule has 1 aliphatic heterocycles. The van der Waals surface area contributed by atoms with Crippen LogP contribution < -0.4 is 16.9 Å². The first-order valence-corrected chi connectivity index (χ1v) is 9.34. The highest BCUT2D eigenvalue weighted by Crippen LogP contribution is 2.50. The summed E-state index contributed by atoms with van der Waals surface area (Å²) in [6.45, 7) is 3.51. The molecule has 25 heavy (non-hydrogen) atoms. The fourth-order valence-electron chi connectivity index (χ4n) is 1.91. The highest BCUT2D eigenvalue weighted by molar-refractivity contribution is 7.53. The summed E-state index contributed by atoms with van der Waals surface area (Å²) in [6.07, 6.45) is 0.662. The van der Waals surface area contributed by atoms with Crippen LogP contribution in [-0.4, -0.2) is 47.2 Å². The summed E-state index contributed by atoms with van der Waals surface area (Å²) in [5.74, 6) is -0.415. The van der Waals surface area contributed by atoms with E-state index in [1.54, 1.807) is 6.92 Å². The first kappa shape index (κ1) is 19.5. The average molecular weight is 376 g/mol. The van der Waals surface area contributed by atoms with Crippen molar-refractivity contribution in [3.8, 4) is 0 Å². The molecule has 0 aliphatic carbocycles. The molecular weight excluding hydrogens is 355 g/mol. The number of carbonyl (C=O) groups excluding carboxylic acids is 1. The van der Waals surface area contributed by atoms with E-state index in [-0.39, 0.29) is 31.9 Å². The van der Waals surface area contributed by atoms with Gasteiger partial charge in [-0.3, -0.25) is 13.9 Å². The Morgan fingerprint density at radius 2 is 2.40 bits per heavy atom. The number of nitrogens with zero attached hydrogens (tertiary/aromatic N) is 2. The Bertz CT molecular complexity index is 698. The van der Waals surface area contributed by atoms with Crippen LogP contribution in [0, 0.1) is 0 Å². The van der Waals surface area contributed by atoms with Gasteiger partial charge in [0.1, 0.15) is 18.0 Å². The summed E-state index contributed by atoms with van der Waals surface area (Å²) < 4.78 is 34.1. The van der Waals surface area contributed by atoms with E-state index in [9.17, 15) is 14.2 Å². The summed E-state index contributed by atoms with van der Waals surface area (Å²) >= 11 is 0. The van der Waals surface area contributed by atoms with E-state index < -0.39 is 31.4 Å². The van der Waals surface area contributed by atoms with Crippen LogP contribution in [0.1, 0.15) is 13.8 Å². The molecule has 3 atom stereocenters. The lowest BCUT2D eigenvalue weighted by Crippen LogP contribution is -2.38. The molecule has 2 rings (SSSR count). The molecule has 2 heterocycles. The molecule has 3 N–H and O–H groups in total. The monoisotopic (exact) mass is 376 g/mol. The number of nitrogens with two attached hydrogens (primary N) is 1. The van der Waals surface area contributed by atoms with E-state index in [1.807, 2.05) is 0 Å². The Labute approximate surface area is 143 Å². The maximum Gasteiger partial charge on any atom is 0.372 e. The van der Waals surface area contributed by atoms with Crippen molar-refractivity contribution in [2.45, 2.75) is 32.5 Å². The number of ether oxygens (including phenoxy) is 2. The van der Waals surface area contributed by atoms with Crippen molar-refractivity contribution in [2.24, 2.45) is 0 Å². The van der Waals surface area contributed by atoms with Crippen molar-refractivity contribution in [1.82, 2.24) is 15.0 Å². The number of anilines is 1. The summed E-state index contributed by atoms with van der Waals surface area (Å²) in [5.41, 5.74) is 7.24. The minimum atomic E-state index is -3.55. The molecule has 0 bridgehead atoms. The number of hydroxylamine groups is 1. The highest BCUT2D eigenvalue weighted by atomic mass is 31.2. The number of hydrogen-bond donors (Lipinski definition) is 2. The van der Waals surface area contributed by atoms with E-state index in [2.05, 4.69) is 10.5 Å².